The monoisotopic (exact) mass is 222 g/mol. The lowest BCUT2D eigenvalue weighted by molar-refractivity contribution is 0.632. The maximum atomic E-state index is 6.00. The van der Waals surface area contributed by atoms with E-state index in [9.17, 15) is 0 Å². The van der Waals surface area contributed by atoms with Gasteiger partial charge in [0.2, 0.25) is 0 Å². The largest absolute Gasteiger partial charge is 0.397 e. The van der Waals surface area contributed by atoms with Crippen LogP contribution in [-0.2, 0) is 0 Å². The van der Waals surface area contributed by atoms with Crippen LogP contribution in [0.25, 0.3) is 0 Å². The number of nitrogens with two attached hydrogens (primary N) is 1. The minimum absolute atomic E-state index is 0.815. The number of aryl methyl sites for hydroxylation is 1. The number of hydrogen-bond donors (Lipinski definition) is 2. The fraction of sp³-hybridized carbons (Fsp3) is 0.500. The van der Waals surface area contributed by atoms with Gasteiger partial charge in [0.05, 0.1) is 11.4 Å². The van der Waals surface area contributed by atoms with Crippen LogP contribution in [0.5, 0.6) is 0 Å². The molecule has 1 heterocycles. The summed E-state index contributed by atoms with van der Waals surface area (Å²) in [6, 6.07) is 6.16. The second-order valence-corrected chi connectivity index (χ2v) is 5.30. The standard InChI is InChI=1S/C12H18N2S/c1-9-3-2-4-11(12(9)13)14-7-10-5-6-15-8-10/h2-4,10,14H,5-8,13H2,1H3. The normalized spacial score (nSPS) is 20.5. The van der Waals surface area contributed by atoms with Gasteiger partial charge in [-0.25, -0.2) is 0 Å². The second kappa shape index (κ2) is 4.79. The second-order valence-electron chi connectivity index (χ2n) is 4.15. The minimum Gasteiger partial charge on any atom is -0.397 e. The molecule has 1 atom stereocenters. The Morgan fingerprint density at radius 2 is 2.40 bits per heavy atom. The van der Waals surface area contributed by atoms with Crippen LogP contribution >= 0.6 is 11.8 Å². The predicted molar refractivity (Wildman–Crippen MR) is 69.5 cm³/mol. The summed E-state index contributed by atoms with van der Waals surface area (Å²) in [5.41, 5.74) is 9.13. The number of rotatable bonds is 3. The van der Waals surface area contributed by atoms with Gasteiger partial charge in [0.1, 0.15) is 0 Å². The first-order valence-corrected chi connectivity index (χ1v) is 6.59. The number of hydrogen-bond acceptors (Lipinski definition) is 3. The molecular weight excluding hydrogens is 204 g/mol. The Hall–Kier alpha value is -0.830. The fourth-order valence-corrected chi connectivity index (χ4v) is 3.12. The molecule has 0 bridgehead atoms. The van der Waals surface area contributed by atoms with E-state index >= 15 is 0 Å². The Kier molecular flexibility index (Phi) is 3.41. The number of thioether (sulfide) groups is 1. The summed E-state index contributed by atoms with van der Waals surface area (Å²) >= 11 is 2.05. The van der Waals surface area contributed by atoms with Gasteiger partial charge < -0.3 is 11.1 Å². The summed E-state index contributed by atoms with van der Waals surface area (Å²) < 4.78 is 0. The van der Waals surface area contributed by atoms with Crippen molar-refractivity contribution in [3.8, 4) is 0 Å². The Morgan fingerprint density at radius 1 is 1.53 bits per heavy atom. The van der Waals surface area contributed by atoms with E-state index in [-0.39, 0.29) is 0 Å². The molecule has 82 valence electrons. The van der Waals surface area contributed by atoms with E-state index in [1.807, 2.05) is 13.0 Å². The predicted octanol–water partition coefficient (Wildman–Crippen LogP) is 2.74. The molecule has 1 aromatic rings. The number of benzene rings is 1. The van der Waals surface area contributed by atoms with Crippen LogP contribution < -0.4 is 11.1 Å². The van der Waals surface area contributed by atoms with Crippen LogP contribution in [-0.4, -0.2) is 18.1 Å². The molecule has 0 aliphatic carbocycles. The molecule has 15 heavy (non-hydrogen) atoms. The summed E-state index contributed by atoms with van der Waals surface area (Å²) in [5, 5.41) is 3.46. The first-order valence-electron chi connectivity index (χ1n) is 5.44. The van der Waals surface area contributed by atoms with E-state index in [4.69, 9.17) is 5.73 Å². The molecule has 1 aliphatic rings. The van der Waals surface area contributed by atoms with Crippen LogP contribution in [0.3, 0.4) is 0 Å². The lowest BCUT2D eigenvalue weighted by Gasteiger charge is -2.14. The van der Waals surface area contributed by atoms with Crippen molar-refractivity contribution in [2.24, 2.45) is 5.92 Å². The van der Waals surface area contributed by atoms with Crippen LogP contribution in [0, 0.1) is 12.8 Å². The van der Waals surface area contributed by atoms with Gasteiger partial charge in [0.15, 0.2) is 0 Å². The average molecular weight is 222 g/mol. The van der Waals surface area contributed by atoms with E-state index < -0.39 is 0 Å². The first-order chi connectivity index (χ1) is 7.27. The van der Waals surface area contributed by atoms with Gasteiger partial charge in [-0.15, -0.1) is 0 Å². The third-order valence-corrected chi connectivity index (χ3v) is 4.16. The molecule has 0 aromatic heterocycles. The topological polar surface area (TPSA) is 38.0 Å². The van der Waals surface area contributed by atoms with Crippen molar-refractivity contribution in [1.82, 2.24) is 0 Å². The lowest BCUT2D eigenvalue weighted by Crippen LogP contribution is -2.14. The van der Waals surface area contributed by atoms with Crippen molar-refractivity contribution in [1.29, 1.82) is 0 Å². The molecular formula is C12H18N2S. The minimum atomic E-state index is 0.815. The maximum absolute atomic E-state index is 6.00. The highest BCUT2D eigenvalue weighted by Crippen LogP contribution is 2.26. The Bertz CT molecular complexity index is 332. The molecule has 3 heteroatoms. The smallest absolute Gasteiger partial charge is 0.0579 e. The highest BCUT2D eigenvalue weighted by atomic mass is 32.2. The van der Waals surface area contributed by atoms with Gasteiger partial charge in [0, 0.05) is 6.54 Å². The van der Waals surface area contributed by atoms with Crippen molar-refractivity contribution in [2.45, 2.75) is 13.3 Å². The van der Waals surface area contributed by atoms with Crippen LogP contribution in [0.15, 0.2) is 18.2 Å². The van der Waals surface area contributed by atoms with Gasteiger partial charge in [-0.05, 0) is 42.4 Å². The van der Waals surface area contributed by atoms with E-state index in [1.54, 1.807) is 0 Å². The summed E-state index contributed by atoms with van der Waals surface area (Å²) in [6.45, 7) is 3.10. The third kappa shape index (κ3) is 2.59. The van der Waals surface area contributed by atoms with Crippen LogP contribution in [0.4, 0.5) is 11.4 Å². The van der Waals surface area contributed by atoms with E-state index in [0.29, 0.717) is 0 Å². The fourth-order valence-electron chi connectivity index (χ4n) is 1.83. The Balaban J connectivity index is 1.95. The molecule has 3 N–H and O–H groups in total. The Labute approximate surface area is 95.6 Å². The zero-order chi connectivity index (χ0) is 10.7. The van der Waals surface area contributed by atoms with Crippen LogP contribution in [0.1, 0.15) is 12.0 Å². The van der Waals surface area contributed by atoms with Crippen molar-refractivity contribution in [3.63, 3.8) is 0 Å². The van der Waals surface area contributed by atoms with E-state index in [1.165, 1.54) is 17.9 Å². The zero-order valence-corrected chi connectivity index (χ0v) is 9.94. The lowest BCUT2D eigenvalue weighted by atomic mass is 10.1. The van der Waals surface area contributed by atoms with Gasteiger partial charge in [-0.3, -0.25) is 0 Å². The average Bonchev–Trinajstić information content (AvgIpc) is 2.73. The van der Waals surface area contributed by atoms with Crippen molar-refractivity contribution >= 4 is 23.1 Å². The highest BCUT2D eigenvalue weighted by molar-refractivity contribution is 7.99. The van der Waals surface area contributed by atoms with Gasteiger partial charge in [-0.2, -0.15) is 11.8 Å². The summed E-state index contributed by atoms with van der Waals surface area (Å²) in [7, 11) is 0. The third-order valence-electron chi connectivity index (χ3n) is 2.93. The molecule has 1 saturated heterocycles. The molecule has 1 fully saturated rings. The molecule has 0 spiro atoms. The molecule has 1 unspecified atom stereocenters. The van der Waals surface area contributed by atoms with Gasteiger partial charge in [-0.1, -0.05) is 12.1 Å². The SMILES string of the molecule is Cc1cccc(NCC2CCSC2)c1N. The summed E-state index contributed by atoms with van der Waals surface area (Å²) in [5.74, 6) is 3.42. The number of nitrogen functional groups attached to an aromatic ring is 1. The molecule has 1 aromatic carbocycles. The van der Waals surface area contributed by atoms with E-state index in [2.05, 4.69) is 29.2 Å². The number of anilines is 2. The molecule has 2 nitrogen and oxygen atoms in total. The molecule has 2 rings (SSSR count). The van der Waals surface area contributed by atoms with E-state index in [0.717, 1.165) is 29.4 Å². The quantitative estimate of drug-likeness (QED) is 0.772. The highest BCUT2D eigenvalue weighted by Gasteiger charge is 2.15. The van der Waals surface area contributed by atoms with Gasteiger partial charge in [0.25, 0.3) is 0 Å². The number of nitrogens with one attached hydrogen (secondary N) is 1. The van der Waals surface area contributed by atoms with Crippen molar-refractivity contribution in [2.75, 3.05) is 29.1 Å². The summed E-state index contributed by atoms with van der Waals surface area (Å²) in [6.07, 6.45) is 1.34. The van der Waals surface area contributed by atoms with Gasteiger partial charge >= 0.3 is 0 Å². The first kappa shape index (κ1) is 10.7. The van der Waals surface area contributed by atoms with Crippen LogP contribution in [0.2, 0.25) is 0 Å². The molecule has 1 aliphatic heterocycles. The zero-order valence-electron chi connectivity index (χ0n) is 9.12. The van der Waals surface area contributed by atoms with Crippen molar-refractivity contribution in [3.05, 3.63) is 23.8 Å². The maximum Gasteiger partial charge on any atom is 0.0579 e. The van der Waals surface area contributed by atoms with Crippen molar-refractivity contribution < 1.29 is 0 Å². The summed E-state index contributed by atoms with van der Waals surface area (Å²) in [4.78, 5) is 0. The molecule has 0 saturated carbocycles. The molecule has 0 radical (unpaired) electrons. The molecule has 0 amide bonds. The Morgan fingerprint density at radius 3 is 3.13 bits per heavy atom. The number of para-hydroxylation sites is 1.